The summed E-state index contributed by atoms with van der Waals surface area (Å²) in [5.74, 6) is -0.269. The predicted octanol–water partition coefficient (Wildman–Crippen LogP) is 3.80. The van der Waals surface area contributed by atoms with E-state index in [0.717, 1.165) is 16.8 Å². The summed E-state index contributed by atoms with van der Waals surface area (Å²) >= 11 is 7.47. The Bertz CT molecular complexity index is 1180. The molecular weight excluding hydrogens is 422 g/mol. The molecule has 1 N–H and O–H groups in total. The predicted molar refractivity (Wildman–Crippen MR) is 122 cm³/mol. The molecule has 0 saturated carbocycles. The highest BCUT2D eigenvalue weighted by molar-refractivity contribution is 7.17. The molecule has 9 heteroatoms. The number of hydrogen-bond donors (Lipinski definition) is 1. The Kier molecular flexibility index (Phi) is 6.40. The molecule has 3 aromatic rings. The van der Waals surface area contributed by atoms with Gasteiger partial charge in [0.25, 0.3) is 11.5 Å². The van der Waals surface area contributed by atoms with Crippen LogP contribution in [0.4, 0.5) is 5.69 Å². The fourth-order valence-electron chi connectivity index (χ4n) is 3.12. The van der Waals surface area contributed by atoms with Gasteiger partial charge in [-0.15, -0.1) is 11.3 Å². The molecule has 2 heterocycles. The molecule has 0 unspecified atom stereocenters. The van der Waals surface area contributed by atoms with Gasteiger partial charge in [-0.25, -0.2) is 9.67 Å². The number of benzene rings is 1. The Morgan fingerprint density at radius 3 is 2.60 bits per heavy atom. The lowest BCUT2D eigenvalue weighted by molar-refractivity contribution is 0.103. The lowest BCUT2D eigenvalue weighted by atomic mass is 10.1. The van der Waals surface area contributed by atoms with Crippen molar-refractivity contribution in [2.24, 2.45) is 7.05 Å². The summed E-state index contributed by atoms with van der Waals surface area (Å²) in [6, 6.07) is 5.40. The van der Waals surface area contributed by atoms with Gasteiger partial charge in [0.15, 0.2) is 0 Å². The standard InChI is InChI=1S/C21H24ClN5O2S/c1-11-12(2)25-27(6)21(29)17(11)20-23-13(3)18(30-20)19(28)24-15-7-8-16(22)14(9-15)10-26(4)5/h7-9H,10H2,1-6H3,(H,24,28). The molecule has 0 fully saturated rings. The highest BCUT2D eigenvalue weighted by atomic mass is 35.5. The number of rotatable bonds is 5. The number of amides is 1. The minimum Gasteiger partial charge on any atom is -0.321 e. The summed E-state index contributed by atoms with van der Waals surface area (Å²) in [5.41, 5.74) is 3.92. The lowest BCUT2D eigenvalue weighted by Crippen LogP contribution is -2.23. The van der Waals surface area contributed by atoms with Crippen molar-refractivity contribution in [3.63, 3.8) is 0 Å². The number of carbonyl (C=O) groups is 1. The number of aryl methyl sites for hydroxylation is 3. The molecule has 0 bridgehead atoms. The molecule has 0 aliphatic rings. The zero-order valence-electron chi connectivity index (χ0n) is 17.8. The van der Waals surface area contributed by atoms with E-state index in [4.69, 9.17) is 11.6 Å². The average Bonchev–Trinajstić information content (AvgIpc) is 3.04. The van der Waals surface area contributed by atoms with E-state index in [-0.39, 0.29) is 11.5 Å². The van der Waals surface area contributed by atoms with Gasteiger partial charge >= 0.3 is 0 Å². The number of carbonyl (C=O) groups excluding carboxylic acids is 1. The van der Waals surface area contributed by atoms with Gasteiger partial charge in [0.2, 0.25) is 0 Å². The van der Waals surface area contributed by atoms with E-state index in [0.29, 0.717) is 38.4 Å². The molecule has 0 saturated heterocycles. The Hall–Kier alpha value is -2.55. The molecule has 0 atom stereocenters. The van der Waals surface area contributed by atoms with E-state index < -0.39 is 0 Å². The quantitative estimate of drug-likeness (QED) is 0.646. The lowest BCUT2D eigenvalue weighted by Gasteiger charge is -2.13. The zero-order valence-corrected chi connectivity index (χ0v) is 19.4. The van der Waals surface area contributed by atoms with E-state index in [1.54, 1.807) is 26.1 Å². The van der Waals surface area contributed by atoms with Crippen LogP contribution in [0, 0.1) is 20.8 Å². The van der Waals surface area contributed by atoms with Crippen LogP contribution in [0.3, 0.4) is 0 Å². The molecule has 1 aromatic carbocycles. The van der Waals surface area contributed by atoms with Crippen molar-refractivity contribution in [3.8, 4) is 10.6 Å². The number of anilines is 1. The summed E-state index contributed by atoms with van der Waals surface area (Å²) < 4.78 is 1.30. The van der Waals surface area contributed by atoms with E-state index in [1.807, 2.05) is 38.9 Å². The van der Waals surface area contributed by atoms with Crippen LogP contribution >= 0.6 is 22.9 Å². The minimum atomic E-state index is -0.269. The molecule has 0 spiro atoms. The Morgan fingerprint density at radius 2 is 1.93 bits per heavy atom. The van der Waals surface area contributed by atoms with E-state index in [2.05, 4.69) is 15.4 Å². The van der Waals surface area contributed by atoms with E-state index >= 15 is 0 Å². The molecule has 158 valence electrons. The third-order valence-electron chi connectivity index (χ3n) is 4.73. The van der Waals surface area contributed by atoms with E-state index in [1.165, 1.54) is 16.0 Å². The van der Waals surface area contributed by atoms with Gasteiger partial charge in [0.05, 0.1) is 17.0 Å². The Labute approximate surface area is 184 Å². The SMILES string of the molecule is Cc1nc(-c2c(C)c(C)nn(C)c2=O)sc1C(=O)Nc1ccc(Cl)c(CN(C)C)c1. The Balaban J connectivity index is 1.94. The van der Waals surface area contributed by atoms with Crippen molar-refractivity contribution in [1.29, 1.82) is 0 Å². The monoisotopic (exact) mass is 445 g/mol. The third-order valence-corrected chi connectivity index (χ3v) is 6.27. The second kappa shape index (κ2) is 8.67. The fraction of sp³-hybridized carbons (Fsp3) is 0.333. The first-order chi connectivity index (χ1) is 14.1. The molecule has 0 aliphatic carbocycles. The van der Waals surface area contributed by atoms with Gasteiger partial charge in [0, 0.05) is 24.3 Å². The van der Waals surface area contributed by atoms with Gasteiger partial charge in [-0.2, -0.15) is 5.10 Å². The van der Waals surface area contributed by atoms with Gasteiger partial charge in [-0.3, -0.25) is 9.59 Å². The second-order valence-corrected chi connectivity index (χ2v) is 8.85. The summed E-state index contributed by atoms with van der Waals surface area (Å²) in [7, 11) is 5.52. The van der Waals surface area contributed by atoms with Gasteiger partial charge in [0.1, 0.15) is 9.88 Å². The van der Waals surface area contributed by atoms with Crippen LogP contribution in [0.2, 0.25) is 5.02 Å². The molecule has 1 amide bonds. The van der Waals surface area contributed by atoms with E-state index in [9.17, 15) is 9.59 Å². The number of halogens is 1. The van der Waals surface area contributed by atoms with Crippen LogP contribution in [0.1, 0.15) is 32.2 Å². The number of nitrogens with zero attached hydrogens (tertiary/aromatic N) is 4. The molecule has 30 heavy (non-hydrogen) atoms. The van der Waals surface area contributed by atoms with Crippen molar-refractivity contribution < 1.29 is 4.79 Å². The molecule has 7 nitrogen and oxygen atoms in total. The summed E-state index contributed by atoms with van der Waals surface area (Å²) in [4.78, 5) is 32.5. The number of nitrogens with one attached hydrogen (secondary N) is 1. The van der Waals surface area contributed by atoms with Crippen LogP contribution in [-0.2, 0) is 13.6 Å². The van der Waals surface area contributed by atoms with Crippen LogP contribution < -0.4 is 10.9 Å². The maximum absolute atomic E-state index is 12.9. The molecule has 3 rings (SSSR count). The van der Waals surface area contributed by atoms with Gasteiger partial charge < -0.3 is 10.2 Å². The number of aromatic nitrogens is 3. The van der Waals surface area contributed by atoms with Crippen LogP contribution in [-0.4, -0.2) is 39.7 Å². The van der Waals surface area contributed by atoms with Crippen molar-refractivity contribution >= 4 is 34.5 Å². The highest BCUT2D eigenvalue weighted by Gasteiger charge is 2.21. The summed E-state index contributed by atoms with van der Waals surface area (Å²) in [5, 5.41) is 8.29. The summed E-state index contributed by atoms with van der Waals surface area (Å²) in [6.45, 7) is 6.12. The normalized spacial score (nSPS) is 11.2. The van der Waals surface area contributed by atoms with Crippen molar-refractivity contribution in [3.05, 3.63) is 61.0 Å². The third kappa shape index (κ3) is 4.45. The zero-order chi connectivity index (χ0) is 22.2. The molecule has 0 aliphatic heterocycles. The molecule has 0 radical (unpaired) electrons. The number of thiazole rings is 1. The van der Waals surface area contributed by atoms with Crippen LogP contribution in [0.15, 0.2) is 23.0 Å². The number of hydrogen-bond acceptors (Lipinski definition) is 6. The first-order valence-corrected chi connectivity index (χ1v) is 10.5. The van der Waals surface area contributed by atoms with Crippen molar-refractivity contribution in [2.45, 2.75) is 27.3 Å². The fourth-order valence-corrected chi connectivity index (χ4v) is 4.35. The average molecular weight is 446 g/mol. The van der Waals surface area contributed by atoms with Crippen LogP contribution in [0.25, 0.3) is 10.6 Å². The Morgan fingerprint density at radius 1 is 1.23 bits per heavy atom. The first-order valence-electron chi connectivity index (χ1n) is 9.35. The highest BCUT2D eigenvalue weighted by Crippen LogP contribution is 2.29. The van der Waals surface area contributed by atoms with Gasteiger partial charge in [-0.1, -0.05) is 11.6 Å². The van der Waals surface area contributed by atoms with Gasteiger partial charge in [-0.05, 0) is 64.2 Å². The largest absolute Gasteiger partial charge is 0.321 e. The maximum Gasteiger partial charge on any atom is 0.277 e. The second-order valence-electron chi connectivity index (χ2n) is 7.45. The molecular formula is C21H24ClN5O2S. The van der Waals surface area contributed by atoms with Crippen molar-refractivity contribution in [1.82, 2.24) is 19.7 Å². The topological polar surface area (TPSA) is 80.1 Å². The van der Waals surface area contributed by atoms with Crippen LogP contribution in [0.5, 0.6) is 0 Å². The smallest absolute Gasteiger partial charge is 0.277 e. The summed E-state index contributed by atoms with van der Waals surface area (Å²) in [6.07, 6.45) is 0. The molecule has 2 aromatic heterocycles. The van der Waals surface area contributed by atoms with Crippen molar-refractivity contribution in [2.75, 3.05) is 19.4 Å². The minimum absolute atomic E-state index is 0.232. The maximum atomic E-state index is 12.9. The first kappa shape index (κ1) is 22.1.